The molecular formula is C27H35N3O3. The predicted octanol–water partition coefficient (Wildman–Crippen LogP) is 3.34. The summed E-state index contributed by atoms with van der Waals surface area (Å²) in [6.45, 7) is 8.18. The van der Waals surface area contributed by atoms with Crippen molar-refractivity contribution in [1.82, 2.24) is 10.6 Å². The van der Waals surface area contributed by atoms with Crippen LogP contribution in [0.5, 0.6) is 0 Å². The average Bonchev–Trinajstić information content (AvgIpc) is 2.83. The molecule has 1 aromatic rings. The summed E-state index contributed by atoms with van der Waals surface area (Å²) in [5.41, 5.74) is 5.60. The third-order valence-corrected chi connectivity index (χ3v) is 6.75. The van der Waals surface area contributed by atoms with Crippen LogP contribution in [0.15, 0.2) is 53.1 Å². The summed E-state index contributed by atoms with van der Waals surface area (Å²) in [6, 6.07) is 6.42. The number of carbonyl (C=O) groups excluding carboxylic acids is 2. The minimum Gasteiger partial charge on any atom is -0.381 e. The van der Waals surface area contributed by atoms with E-state index >= 15 is 0 Å². The number of rotatable bonds is 3. The summed E-state index contributed by atoms with van der Waals surface area (Å²) in [7, 11) is 0. The number of nitrogens with one attached hydrogen (secondary N) is 2. The summed E-state index contributed by atoms with van der Waals surface area (Å²) >= 11 is 0. The Labute approximate surface area is 196 Å². The van der Waals surface area contributed by atoms with E-state index in [1.165, 1.54) is 0 Å². The van der Waals surface area contributed by atoms with Gasteiger partial charge in [-0.15, -0.1) is 0 Å². The molecule has 3 aliphatic rings. The Morgan fingerprint density at radius 3 is 2.73 bits per heavy atom. The van der Waals surface area contributed by atoms with E-state index in [0.717, 1.165) is 55.0 Å². The molecule has 0 bridgehead atoms. The second-order valence-electron chi connectivity index (χ2n) is 9.02. The van der Waals surface area contributed by atoms with Crippen LogP contribution < -0.4 is 15.5 Å². The Morgan fingerprint density at radius 1 is 1.12 bits per heavy atom. The highest BCUT2D eigenvalue weighted by Crippen LogP contribution is 2.30. The zero-order valence-electron chi connectivity index (χ0n) is 19.8. The Balaban J connectivity index is 1.68. The van der Waals surface area contributed by atoms with Gasteiger partial charge in [0.15, 0.2) is 5.78 Å². The summed E-state index contributed by atoms with van der Waals surface area (Å²) in [6.07, 6.45) is 9.43. The molecule has 0 radical (unpaired) electrons. The fourth-order valence-electron chi connectivity index (χ4n) is 5.08. The number of anilines is 1. The Hall–Kier alpha value is -2.70. The van der Waals surface area contributed by atoms with Crippen LogP contribution in [0.1, 0.15) is 49.0 Å². The lowest BCUT2D eigenvalue weighted by molar-refractivity contribution is -0.115. The van der Waals surface area contributed by atoms with Gasteiger partial charge in [-0.25, -0.2) is 0 Å². The van der Waals surface area contributed by atoms with Crippen LogP contribution in [-0.4, -0.2) is 57.1 Å². The smallest absolute Gasteiger partial charge is 0.251 e. The molecule has 1 saturated heterocycles. The summed E-state index contributed by atoms with van der Waals surface area (Å²) in [5.74, 6) is -0.0235. The zero-order valence-corrected chi connectivity index (χ0v) is 19.8. The number of amides is 1. The summed E-state index contributed by atoms with van der Waals surface area (Å²) < 4.78 is 5.58. The molecule has 0 unspecified atom stereocenters. The number of allylic oxidation sites excluding steroid dienone is 2. The molecule has 4 rings (SSSR count). The fourth-order valence-corrected chi connectivity index (χ4v) is 5.08. The molecule has 2 N–H and O–H groups in total. The Kier molecular flexibility index (Phi) is 7.78. The minimum absolute atomic E-state index is 0.100. The quantitative estimate of drug-likeness (QED) is 0.693. The number of hydrogen-bond donors (Lipinski definition) is 2. The van der Waals surface area contributed by atoms with Crippen LogP contribution in [-0.2, 0) is 16.0 Å². The molecule has 1 aromatic carbocycles. The van der Waals surface area contributed by atoms with Crippen molar-refractivity contribution in [3.8, 4) is 0 Å². The standard InChI is InChI=1S/C27H35N3O3/c1-3-30(21-10-13-33-14-11-21)25-9-6-8-23-22(25)7-4-5-12-28-17-20-15-19(2)16-26(31)24(20)18-29-27(23)32/h4-6,8-9,15,21,28H,3,7,10-14,16-18H2,1-2H3,(H,29,32)/b5-4+. The first-order chi connectivity index (χ1) is 16.1. The number of carbonyl (C=O) groups is 2. The molecule has 33 heavy (non-hydrogen) atoms. The van der Waals surface area contributed by atoms with Crippen molar-refractivity contribution in [3.63, 3.8) is 0 Å². The third kappa shape index (κ3) is 5.45. The van der Waals surface area contributed by atoms with Gasteiger partial charge in [0.1, 0.15) is 0 Å². The fraction of sp³-hybridized carbons (Fsp3) is 0.481. The topological polar surface area (TPSA) is 70.7 Å². The lowest BCUT2D eigenvalue weighted by Gasteiger charge is -2.37. The number of Topliss-reactive ketones (excluding diaryl/α,β-unsaturated/α-hetero) is 1. The molecule has 0 spiro atoms. The first-order valence-corrected chi connectivity index (χ1v) is 12.1. The monoisotopic (exact) mass is 449 g/mol. The maximum absolute atomic E-state index is 13.4. The second-order valence-corrected chi connectivity index (χ2v) is 9.02. The highest BCUT2D eigenvalue weighted by Gasteiger charge is 2.25. The molecule has 1 amide bonds. The van der Waals surface area contributed by atoms with Crippen molar-refractivity contribution >= 4 is 17.4 Å². The van der Waals surface area contributed by atoms with E-state index in [2.05, 4.69) is 46.8 Å². The highest BCUT2D eigenvalue weighted by atomic mass is 16.5. The number of ether oxygens (including phenoxy) is 1. The van der Waals surface area contributed by atoms with E-state index in [-0.39, 0.29) is 18.2 Å². The van der Waals surface area contributed by atoms with Gasteiger partial charge in [0, 0.05) is 68.7 Å². The van der Waals surface area contributed by atoms with Gasteiger partial charge in [-0.05, 0) is 56.4 Å². The van der Waals surface area contributed by atoms with E-state index in [1.807, 2.05) is 19.1 Å². The van der Waals surface area contributed by atoms with Gasteiger partial charge in [0.2, 0.25) is 0 Å². The molecule has 6 heteroatoms. The number of ketones is 1. The number of fused-ring (bicyclic) bond motifs is 1. The van der Waals surface area contributed by atoms with Gasteiger partial charge in [0.05, 0.1) is 0 Å². The van der Waals surface area contributed by atoms with Gasteiger partial charge >= 0.3 is 0 Å². The lowest BCUT2D eigenvalue weighted by Crippen LogP contribution is -2.40. The Morgan fingerprint density at radius 2 is 1.94 bits per heavy atom. The molecule has 0 saturated carbocycles. The molecule has 2 heterocycles. The molecule has 0 aromatic heterocycles. The largest absolute Gasteiger partial charge is 0.381 e. The first-order valence-electron chi connectivity index (χ1n) is 12.1. The summed E-state index contributed by atoms with van der Waals surface area (Å²) in [4.78, 5) is 28.5. The number of hydrogen-bond acceptors (Lipinski definition) is 5. The molecule has 1 fully saturated rings. The van der Waals surface area contributed by atoms with Gasteiger partial charge < -0.3 is 20.3 Å². The number of benzene rings is 1. The van der Waals surface area contributed by atoms with Gasteiger partial charge in [-0.2, -0.15) is 0 Å². The molecule has 2 aliphatic heterocycles. The van der Waals surface area contributed by atoms with E-state index < -0.39 is 0 Å². The lowest BCUT2D eigenvalue weighted by atomic mass is 9.91. The normalized spacial score (nSPS) is 21.6. The minimum atomic E-state index is -0.124. The zero-order chi connectivity index (χ0) is 23.2. The molecule has 176 valence electrons. The molecule has 6 nitrogen and oxygen atoms in total. The van der Waals surface area contributed by atoms with Gasteiger partial charge in [0.25, 0.3) is 5.91 Å². The van der Waals surface area contributed by atoms with E-state index in [1.54, 1.807) is 0 Å². The average molecular weight is 450 g/mol. The summed E-state index contributed by atoms with van der Waals surface area (Å²) in [5, 5.41) is 6.47. The van der Waals surface area contributed by atoms with Gasteiger partial charge in [-0.1, -0.05) is 29.9 Å². The van der Waals surface area contributed by atoms with Gasteiger partial charge in [-0.3, -0.25) is 9.59 Å². The van der Waals surface area contributed by atoms with E-state index in [9.17, 15) is 9.59 Å². The van der Waals surface area contributed by atoms with Crippen molar-refractivity contribution in [2.24, 2.45) is 0 Å². The van der Waals surface area contributed by atoms with Crippen molar-refractivity contribution in [2.75, 3.05) is 44.3 Å². The van der Waals surface area contributed by atoms with Crippen molar-refractivity contribution in [1.29, 1.82) is 0 Å². The van der Waals surface area contributed by atoms with Crippen LogP contribution in [0.2, 0.25) is 0 Å². The van der Waals surface area contributed by atoms with E-state index in [4.69, 9.17) is 4.74 Å². The SMILES string of the molecule is CCN(c1cccc2c1C/C=C/CNCC1=C(CNC2=O)C(=O)CC(C)=C1)C1CCOCC1. The first kappa shape index (κ1) is 23.5. The third-order valence-electron chi connectivity index (χ3n) is 6.75. The van der Waals surface area contributed by atoms with Crippen molar-refractivity contribution in [2.45, 2.75) is 45.6 Å². The van der Waals surface area contributed by atoms with Crippen LogP contribution in [0, 0.1) is 0 Å². The van der Waals surface area contributed by atoms with Crippen LogP contribution in [0.25, 0.3) is 0 Å². The van der Waals surface area contributed by atoms with Crippen LogP contribution >= 0.6 is 0 Å². The number of nitrogens with zero attached hydrogens (tertiary/aromatic N) is 1. The van der Waals surface area contributed by atoms with Crippen LogP contribution in [0.4, 0.5) is 5.69 Å². The molecular weight excluding hydrogens is 414 g/mol. The predicted molar refractivity (Wildman–Crippen MR) is 132 cm³/mol. The van der Waals surface area contributed by atoms with Crippen molar-refractivity contribution < 1.29 is 14.3 Å². The van der Waals surface area contributed by atoms with E-state index in [0.29, 0.717) is 43.1 Å². The molecule has 0 atom stereocenters. The van der Waals surface area contributed by atoms with Crippen LogP contribution in [0.3, 0.4) is 0 Å². The maximum Gasteiger partial charge on any atom is 0.251 e. The van der Waals surface area contributed by atoms with Crippen molar-refractivity contribution in [3.05, 3.63) is 64.3 Å². The Bertz CT molecular complexity index is 986. The highest BCUT2D eigenvalue weighted by molar-refractivity contribution is 6.02. The molecule has 1 aliphatic carbocycles. The second kappa shape index (κ2) is 10.9. The maximum atomic E-state index is 13.4.